The third-order valence-electron chi connectivity index (χ3n) is 3.75. The van der Waals surface area contributed by atoms with Gasteiger partial charge in [0.2, 0.25) is 0 Å². The van der Waals surface area contributed by atoms with Crippen molar-refractivity contribution in [3.63, 3.8) is 0 Å². The van der Waals surface area contributed by atoms with Crippen LogP contribution in [0.3, 0.4) is 0 Å². The summed E-state index contributed by atoms with van der Waals surface area (Å²) >= 11 is 0. The molecule has 0 saturated carbocycles. The predicted octanol–water partition coefficient (Wildman–Crippen LogP) is 3.11. The Morgan fingerprint density at radius 1 is 0.909 bits per heavy atom. The number of aliphatic hydroxyl groups is 1. The molecule has 0 spiro atoms. The third-order valence-corrected chi connectivity index (χ3v) is 3.75. The first-order valence-electron chi connectivity index (χ1n) is 6.87. The highest BCUT2D eigenvalue weighted by molar-refractivity contribution is 5.86. The van der Waals surface area contributed by atoms with E-state index in [9.17, 15) is 18.7 Å². The van der Waals surface area contributed by atoms with Crippen molar-refractivity contribution < 1.29 is 23.8 Å². The van der Waals surface area contributed by atoms with E-state index in [0.717, 1.165) is 0 Å². The van der Waals surface area contributed by atoms with Gasteiger partial charge in [-0.15, -0.1) is 0 Å². The number of carboxylic acid groups (broad SMARTS) is 1. The highest BCUT2D eigenvalue weighted by Gasteiger charge is 2.41. The zero-order valence-corrected chi connectivity index (χ0v) is 11.8. The Morgan fingerprint density at radius 2 is 1.32 bits per heavy atom. The first kappa shape index (κ1) is 16.1. The molecule has 5 heteroatoms. The smallest absolute Gasteiger partial charge is 0.318 e. The molecule has 0 aliphatic carbocycles. The highest BCUT2D eigenvalue weighted by Crippen LogP contribution is 2.37. The zero-order chi connectivity index (χ0) is 16.2. The van der Waals surface area contributed by atoms with Crippen molar-refractivity contribution in [2.75, 3.05) is 6.61 Å². The quantitative estimate of drug-likeness (QED) is 0.862. The summed E-state index contributed by atoms with van der Waals surface area (Å²) in [6.45, 7) is -0.169. The monoisotopic (exact) mass is 306 g/mol. The van der Waals surface area contributed by atoms with Crippen LogP contribution in [-0.4, -0.2) is 22.8 Å². The van der Waals surface area contributed by atoms with E-state index in [2.05, 4.69) is 0 Å². The fourth-order valence-corrected chi connectivity index (χ4v) is 2.62. The van der Waals surface area contributed by atoms with Gasteiger partial charge in [0.15, 0.2) is 0 Å². The Bertz CT molecular complexity index is 590. The lowest BCUT2D eigenvalue weighted by molar-refractivity contribution is -0.142. The summed E-state index contributed by atoms with van der Waals surface area (Å²) in [6.07, 6.45) is 0.372. The molecule has 22 heavy (non-hydrogen) atoms. The molecule has 0 atom stereocenters. The largest absolute Gasteiger partial charge is 0.480 e. The lowest BCUT2D eigenvalue weighted by atomic mass is 9.71. The minimum Gasteiger partial charge on any atom is -0.480 e. The van der Waals surface area contributed by atoms with E-state index in [4.69, 9.17) is 5.11 Å². The number of halogens is 2. The molecular weight excluding hydrogens is 290 g/mol. The first-order valence-corrected chi connectivity index (χ1v) is 6.87. The van der Waals surface area contributed by atoms with E-state index in [1.54, 1.807) is 0 Å². The number of aliphatic hydroxyl groups excluding tert-OH is 1. The second-order valence-corrected chi connectivity index (χ2v) is 5.05. The third kappa shape index (κ3) is 2.99. The molecule has 2 N–H and O–H groups in total. The van der Waals surface area contributed by atoms with Crippen molar-refractivity contribution >= 4 is 5.97 Å². The van der Waals surface area contributed by atoms with Crippen molar-refractivity contribution in [2.24, 2.45) is 0 Å². The topological polar surface area (TPSA) is 57.5 Å². The Kier molecular flexibility index (Phi) is 4.88. The van der Waals surface area contributed by atoms with Gasteiger partial charge in [0.05, 0.1) is 0 Å². The maximum atomic E-state index is 13.1. The molecule has 2 rings (SSSR count). The van der Waals surface area contributed by atoms with Crippen LogP contribution in [-0.2, 0) is 10.2 Å². The number of carbonyl (C=O) groups is 1. The van der Waals surface area contributed by atoms with Gasteiger partial charge in [-0.25, -0.2) is 8.78 Å². The standard InChI is InChI=1S/C17H16F2O3/c18-14-6-2-12(3-7-14)17(16(21)22,10-1-11-20)13-4-8-15(19)9-5-13/h2-9,20H,1,10-11H2,(H,21,22). The van der Waals surface area contributed by atoms with Crippen LogP contribution in [0, 0.1) is 11.6 Å². The van der Waals surface area contributed by atoms with Gasteiger partial charge in [-0.05, 0) is 48.2 Å². The average molecular weight is 306 g/mol. The summed E-state index contributed by atoms with van der Waals surface area (Å²) in [5.41, 5.74) is -0.674. The van der Waals surface area contributed by atoms with Crippen molar-refractivity contribution in [3.05, 3.63) is 71.3 Å². The molecule has 116 valence electrons. The van der Waals surface area contributed by atoms with E-state index in [1.165, 1.54) is 48.5 Å². The van der Waals surface area contributed by atoms with Gasteiger partial charge in [-0.1, -0.05) is 24.3 Å². The minimum absolute atomic E-state index is 0.121. The van der Waals surface area contributed by atoms with Crippen LogP contribution in [0.1, 0.15) is 24.0 Å². The van der Waals surface area contributed by atoms with Crippen LogP contribution in [0.4, 0.5) is 8.78 Å². The molecule has 0 aliphatic rings. The number of hydrogen-bond donors (Lipinski definition) is 2. The molecule has 0 radical (unpaired) electrons. The summed E-state index contributed by atoms with van der Waals surface area (Å²) in [7, 11) is 0. The van der Waals surface area contributed by atoms with Gasteiger partial charge >= 0.3 is 5.97 Å². The number of hydrogen-bond acceptors (Lipinski definition) is 2. The number of benzene rings is 2. The van der Waals surface area contributed by atoms with Gasteiger partial charge in [0.25, 0.3) is 0 Å². The fraction of sp³-hybridized carbons (Fsp3) is 0.235. The number of rotatable bonds is 6. The van der Waals surface area contributed by atoms with Gasteiger partial charge in [0.1, 0.15) is 17.0 Å². The van der Waals surface area contributed by atoms with E-state index in [1.807, 2.05) is 0 Å². The fourth-order valence-electron chi connectivity index (χ4n) is 2.62. The Labute approximate surface area is 126 Å². The molecule has 0 aliphatic heterocycles. The lowest BCUT2D eigenvalue weighted by Gasteiger charge is -2.30. The van der Waals surface area contributed by atoms with Gasteiger partial charge in [0, 0.05) is 6.61 Å². The van der Waals surface area contributed by atoms with Gasteiger partial charge in [-0.3, -0.25) is 4.79 Å². The molecule has 2 aromatic rings. The first-order chi connectivity index (χ1) is 10.5. The molecule has 0 heterocycles. The second kappa shape index (κ2) is 6.66. The highest BCUT2D eigenvalue weighted by atomic mass is 19.1. The van der Waals surface area contributed by atoms with Gasteiger partial charge in [-0.2, -0.15) is 0 Å². The molecule has 2 aromatic carbocycles. The zero-order valence-electron chi connectivity index (χ0n) is 11.8. The van der Waals surface area contributed by atoms with Crippen LogP contribution < -0.4 is 0 Å². The predicted molar refractivity (Wildman–Crippen MR) is 77.5 cm³/mol. The van der Waals surface area contributed by atoms with Crippen molar-refractivity contribution in [3.8, 4) is 0 Å². The van der Waals surface area contributed by atoms with Crippen molar-refractivity contribution in [2.45, 2.75) is 18.3 Å². The van der Waals surface area contributed by atoms with Crippen molar-refractivity contribution in [1.29, 1.82) is 0 Å². The summed E-state index contributed by atoms with van der Waals surface area (Å²) in [5, 5.41) is 18.9. The summed E-state index contributed by atoms with van der Waals surface area (Å²) < 4.78 is 26.3. The maximum absolute atomic E-state index is 13.1. The molecule has 0 aromatic heterocycles. The summed E-state index contributed by atoms with van der Waals surface area (Å²) in [4.78, 5) is 12.0. The molecule has 0 bridgehead atoms. The molecule has 3 nitrogen and oxygen atoms in total. The Morgan fingerprint density at radius 3 is 1.64 bits per heavy atom. The van der Waals surface area contributed by atoms with E-state index >= 15 is 0 Å². The van der Waals surface area contributed by atoms with Gasteiger partial charge < -0.3 is 10.2 Å². The van der Waals surface area contributed by atoms with E-state index < -0.39 is 23.0 Å². The van der Waals surface area contributed by atoms with Crippen LogP contribution in [0.2, 0.25) is 0 Å². The number of aliphatic carboxylic acids is 1. The van der Waals surface area contributed by atoms with Crippen LogP contribution in [0.25, 0.3) is 0 Å². The number of carboxylic acids is 1. The molecular formula is C17H16F2O3. The maximum Gasteiger partial charge on any atom is 0.318 e. The molecule has 0 fully saturated rings. The average Bonchev–Trinajstić information content (AvgIpc) is 2.50. The Balaban J connectivity index is 2.62. The lowest BCUT2D eigenvalue weighted by Crippen LogP contribution is -2.37. The summed E-state index contributed by atoms with van der Waals surface area (Å²) in [5.74, 6) is -2.06. The summed E-state index contributed by atoms with van der Waals surface area (Å²) in [6, 6.07) is 10.4. The van der Waals surface area contributed by atoms with E-state index in [0.29, 0.717) is 11.1 Å². The minimum atomic E-state index is -1.45. The van der Waals surface area contributed by atoms with E-state index in [-0.39, 0.29) is 19.4 Å². The second-order valence-electron chi connectivity index (χ2n) is 5.05. The molecule has 0 unspecified atom stereocenters. The van der Waals surface area contributed by atoms with Crippen molar-refractivity contribution in [1.82, 2.24) is 0 Å². The van der Waals surface area contributed by atoms with Crippen LogP contribution >= 0.6 is 0 Å². The van der Waals surface area contributed by atoms with Crippen LogP contribution in [0.5, 0.6) is 0 Å². The normalized spacial score (nSPS) is 11.4. The SMILES string of the molecule is O=C(O)C(CCCO)(c1ccc(F)cc1)c1ccc(F)cc1. The Hall–Kier alpha value is -2.27. The molecule has 0 amide bonds. The molecule has 0 saturated heterocycles. The van der Waals surface area contributed by atoms with Crippen LogP contribution in [0.15, 0.2) is 48.5 Å².